The molecule has 0 unspecified atom stereocenters. The second kappa shape index (κ2) is 4.94. The fraction of sp³-hybridized carbons (Fsp3) is 0.857. The van der Waals surface area contributed by atoms with Crippen molar-refractivity contribution >= 4 is 5.78 Å². The fourth-order valence-corrected chi connectivity index (χ4v) is 7.44. The van der Waals surface area contributed by atoms with Gasteiger partial charge in [-0.25, -0.2) is 0 Å². The van der Waals surface area contributed by atoms with Gasteiger partial charge in [0.25, 0.3) is 0 Å². The maximum Gasteiger partial charge on any atom is 0.155 e. The summed E-state index contributed by atoms with van der Waals surface area (Å²) in [5.74, 6) is 2.53. The van der Waals surface area contributed by atoms with Gasteiger partial charge in [-0.05, 0) is 87.5 Å². The average molecular weight is 316 g/mol. The SMILES string of the molecule is CC[C@]12CC[C@@H]3[C@H](CCC4=CC(=O)CC[C@@]43C)[C@@H]1CC[C@]2(C)O. The molecule has 0 aromatic rings. The van der Waals surface area contributed by atoms with E-state index in [0.717, 1.165) is 43.9 Å². The molecule has 0 radical (unpaired) electrons. The Morgan fingerprint density at radius 1 is 1.09 bits per heavy atom. The van der Waals surface area contributed by atoms with Crippen molar-refractivity contribution in [3.8, 4) is 0 Å². The number of hydrogen-bond donors (Lipinski definition) is 1. The topological polar surface area (TPSA) is 37.3 Å². The molecule has 0 saturated heterocycles. The Morgan fingerprint density at radius 2 is 1.83 bits per heavy atom. The van der Waals surface area contributed by atoms with Gasteiger partial charge < -0.3 is 5.11 Å². The minimum absolute atomic E-state index is 0.149. The Hall–Kier alpha value is -0.630. The first-order valence-electron chi connectivity index (χ1n) is 9.80. The monoisotopic (exact) mass is 316 g/mol. The Kier molecular flexibility index (Phi) is 3.41. The molecule has 0 aromatic carbocycles. The van der Waals surface area contributed by atoms with E-state index < -0.39 is 5.60 Å². The third kappa shape index (κ3) is 1.94. The molecule has 2 nitrogen and oxygen atoms in total. The summed E-state index contributed by atoms with van der Waals surface area (Å²) in [6.45, 7) is 6.84. The Bertz CT molecular complexity index is 560. The van der Waals surface area contributed by atoms with Crippen LogP contribution in [0, 0.1) is 28.6 Å². The summed E-state index contributed by atoms with van der Waals surface area (Å²) < 4.78 is 0. The molecule has 3 fully saturated rings. The molecule has 0 aromatic heterocycles. The van der Waals surface area contributed by atoms with Crippen LogP contribution in [0.1, 0.15) is 78.6 Å². The highest BCUT2D eigenvalue weighted by atomic mass is 16.3. The Balaban J connectivity index is 1.71. The Labute approximate surface area is 140 Å². The van der Waals surface area contributed by atoms with E-state index in [0.29, 0.717) is 11.7 Å². The average Bonchev–Trinajstić information content (AvgIpc) is 2.80. The maximum absolute atomic E-state index is 11.9. The predicted molar refractivity (Wildman–Crippen MR) is 92.0 cm³/mol. The molecule has 4 rings (SSSR count). The molecule has 0 bridgehead atoms. The summed E-state index contributed by atoms with van der Waals surface area (Å²) in [5.41, 5.74) is 1.38. The highest BCUT2D eigenvalue weighted by Gasteiger charge is 2.63. The van der Waals surface area contributed by atoms with E-state index in [1.54, 1.807) is 0 Å². The number of fused-ring (bicyclic) bond motifs is 5. The number of carbonyl (C=O) groups excluding carboxylic acids is 1. The number of ketones is 1. The number of hydrogen-bond acceptors (Lipinski definition) is 2. The van der Waals surface area contributed by atoms with E-state index in [1.807, 2.05) is 6.08 Å². The van der Waals surface area contributed by atoms with Gasteiger partial charge in [0.1, 0.15) is 0 Å². The van der Waals surface area contributed by atoms with Gasteiger partial charge in [-0.1, -0.05) is 19.4 Å². The zero-order chi connectivity index (χ0) is 16.5. The summed E-state index contributed by atoms with van der Waals surface area (Å²) in [5, 5.41) is 11.1. The first kappa shape index (κ1) is 15.9. The van der Waals surface area contributed by atoms with E-state index in [-0.39, 0.29) is 10.8 Å². The summed E-state index contributed by atoms with van der Waals surface area (Å²) in [6, 6.07) is 0. The predicted octanol–water partition coefficient (Wildman–Crippen LogP) is 4.66. The van der Waals surface area contributed by atoms with Crippen molar-refractivity contribution in [2.45, 2.75) is 84.2 Å². The molecule has 0 spiro atoms. The van der Waals surface area contributed by atoms with Crippen LogP contribution in [0.3, 0.4) is 0 Å². The second-order valence-corrected chi connectivity index (χ2v) is 9.33. The first-order chi connectivity index (χ1) is 10.8. The minimum Gasteiger partial charge on any atom is -0.390 e. The van der Waals surface area contributed by atoms with Gasteiger partial charge in [0.15, 0.2) is 5.78 Å². The fourth-order valence-electron chi connectivity index (χ4n) is 7.44. The lowest BCUT2D eigenvalue weighted by Gasteiger charge is -2.59. The standard InChI is InChI=1S/C21H32O2/c1-4-21-12-9-17-16(18(21)8-11-20(21,3)23)6-5-14-13-15(22)7-10-19(14,17)2/h13,16-18,23H,4-12H2,1-3H3/t16-,17+,18-,19-,20-,21-/m0/s1. The normalized spacial score (nSPS) is 52.4. The zero-order valence-electron chi connectivity index (χ0n) is 15.0. The summed E-state index contributed by atoms with van der Waals surface area (Å²) in [7, 11) is 0. The quantitative estimate of drug-likeness (QED) is 0.764. The molecule has 0 heterocycles. The number of aliphatic hydroxyl groups is 1. The van der Waals surface area contributed by atoms with Crippen molar-refractivity contribution in [2.75, 3.05) is 0 Å². The van der Waals surface area contributed by atoms with Gasteiger partial charge in [0, 0.05) is 11.8 Å². The van der Waals surface area contributed by atoms with Gasteiger partial charge >= 0.3 is 0 Å². The van der Waals surface area contributed by atoms with Crippen LogP contribution < -0.4 is 0 Å². The molecule has 3 saturated carbocycles. The highest BCUT2D eigenvalue weighted by Crippen LogP contribution is 2.68. The lowest BCUT2D eigenvalue weighted by atomic mass is 9.46. The van der Waals surface area contributed by atoms with Crippen LogP contribution in [0.5, 0.6) is 0 Å². The first-order valence-corrected chi connectivity index (χ1v) is 9.80. The molecule has 23 heavy (non-hydrogen) atoms. The van der Waals surface area contributed by atoms with Gasteiger partial charge in [-0.2, -0.15) is 0 Å². The zero-order valence-corrected chi connectivity index (χ0v) is 15.0. The van der Waals surface area contributed by atoms with Crippen LogP contribution in [0.2, 0.25) is 0 Å². The van der Waals surface area contributed by atoms with E-state index in [2.05, 4.69) is 20.8 Å². The minimum atomic E-state index is -0.475. The lowest BCUT2D eigenvalue weighted by molar-refractivity contribution is -0.132. The maximum atomic E-state index is 11.9. The third-order valence-corrected chi connectivity index (χ3v) is 8.82. The molecule has 1 N–H and O–H groups in total. The molecule has 0 amide bonds. The number of allylic oxidation sites excluding steroid dienone is 1. The van der Waals surface area contributed by atoms with Gasteiger partial charge in [0.05, 0.1) is 5.60 Å². The number of rotatable bonds is 1. The Morgan fingerprint density at radius 3 is 2.57 bits per heavy atom. The van der Waals surface area contributed by atoms with E-state index in [9.17, 15) is 9.90 Å². The van der Waals surface area contributed by atoms with Crippen molar-refractivity contribution in [3.05, 3.63) is 11.6 Å². The van der Waals surface area contributed by atoms with Crippen molar-refractivity contribution < 1.29 is 9.90 Å². The van der Waals surface area contributed by atoms with Crippen LogP contribution in [0.25, 0.3) is 0 Å². The summed E-state index contributed by atoms with van der Waals surface area (Å²) >= 11 is 0. The molecule has 4 aliphatic carbocycles. The molecule has 2 heteroatoms. The van der Waals surface area contributed by atoms with E-state index >= 15 is 0 Å². The third-order valence-electron chi connectivity index (χ3n) is 8.82. The summed E-state index contributed by atoms with van der Waals surface area (Å²) in [4.78, 5) is 11.9. The molecular formula is C21H32O2. The van der Waals surface area contributed by atoms with Gasteiger partial charge in [0.2, 0.25) is 0 Å². The van der Waals surface area contributed by atoms with Crippen molar-refractivity contribution in [3.63, 3.8) is 0 Å². The van der Waals surface area contributed by atoms with Crippen LogP contribution >= 0.6 is 0 Å². The second-order valence-electron chi connectivity index (χ2n) is 9.33. The van der Waals surface area contributed by atoms with Crippen molar-refractivity contribution in [2.24, 2.45) is 28.6 Å². The van der Waals surface area contributed by atoms with Crippen LogP contribution in [0.15, 0.2) is 11.6 Å². The van der Waals surface area contributed by atoms with Crippen molar-refractivity contribution in [1.82, 2.24) is 0 Å². The largest absolute Gasteiger partial charge is 0.390 e. The molecule has 0 aliphatic heterocycles. The van der Waals surface area contributed by atoms with Crippen LogP contribution in [-0.2, 0) is 4.79 Å². The van der Waals surface area contributed by atoms with E-state index in [4.69, 9.17) is 0 Å². The van der Waals surface area contributed by atoms with Gasteiger partial charge in [-0.3, -0.25) is 4.79 Å². The molecular weight excluding hydrogens is 284 g/mol. The molecule has 4 aliphatic rings. The smallest absolute Gasteiger partial charge is 0.155 e. The van der Waals surface area contributed by atoms with Gasteiger partial charge in [-0.15, -0.1) is 0 Å². The van der Waals surface area contributed by atoms with E-state index in [1.165, 1.54) is 31.3 Å². The lowest BCUT2D eigenvalue weighted by Crippen LogP contribution is -2.55. The molecule has 6 atom stereocenters. The summed E-state index contributed by atoms with van der Waals surface area (Å²) in [6.07, 6.45) is 11.9. The van der Waals surface area contributed by atoms with Crippen molar-refractivity contribution in [1.29, 1.82) is 0 Å². The highest BCUT2D eigenvalue weighted by molar-refractivity contribution is 5.91. The van der Waals surface area contributed by atoms with Crippen LogP contribution in [-0.4, -0.2) is 16.5 Å². The number of carbonyl (C=O) groups is 1. The molecule has 128 valence electrons. The van der Waals surface area contributed by atoms with Crippen LogP contribution in [0.4, 0.5) is 0 Å².